The number of ketones is 1. The van der Waals surface area contributed by atoms with Gasteiger partial charge in [-0.1, -0.05) is 86.4 Å². The first-order chi connectivity index (χ1) is 40.5. The van der Waals surface area contributed by atoms with Crippen LogP contribution in [-0.2, 0) is 51.3 Å². The number of likely N-dealkylation sites (N-methyl/N-ethyl adjacent to an activating group) is 1. The maximum Gasteiger partial charge on any atom is 0.410 e. The molecule has 0 aliphatic carbocycles. The molecule has 4 aromatic carbocycles. The van der Waals surface area contributed by atoms with Gasteiger partial charge in [-0.3, -0.25) is 29.0 Å². The molecule has 12 atom stereocenters. The minimum Gasteiger partial charge on any atom is -0.486 e. The van der Waals surface area contributed by atoms with E-state index in [1.165, 1.54) is 48.5 Å². The number of hydrogen-bond acceptors (Lipinski definition) is 13. The quantitative estimate of drug-likeness (QED) is 0.0727. The summed E-state index contributed by atoms with van der Waals surface area (Å²) in [5.41, 5.74) is 1.62. The number of halogens is 2. The van der Waals surface area contributed by atoms with Crippen molar-refractivity contribution in [1.82, 2.24) is 30.2 Å². The molecule has 4 saturated heterocycles. The third kappa shape index (κ3) is 15.6. The number of fused-ring (bicyclic) bond motifs is 2. The molecular weight excluding hydrogens is 1080 g/mol. The summed E-state index contributed by atoms with van der Waals surface area (Å²) in [6.45, 7) is 9.14. The standard InChI is InChI=1S/C64H74F2N6O12/c1-7-41(2)60(74)68-57(62(76)70-33-31-53-59(70)56(84-50-28-24-48(66)25-29-50)38-72(53)64(78)82-40-46-20-14-11-15-21-46)44(5)80-35-17-9-8-16-34-79-43(4)51(36-54(73)42(3)67-6)61(75)69-32-30-52-58(69)55(83-49-26-22-47(65)23-27-49)37-71(52)63(77)81-39-45-18-12-10-13-19-45/h10-15,18-29,41-44,51-53,55-59,67H,7,30-40H2,1-6H3,(H,68,74)/t41-,42+,43-,44-,51+,52-,53-,55+,56+,57+,58+,59+/m1/s1. The van der Waals surface area contributed by atoms with E-state index in [2.05, 4.69) is 34.3 Å². The molecule has 5 amide bonds. The number of nitrogens with zero attached hydrogens (tertiary/aromatic N) is 4. The SMILES string of the molecule is CC[C@@H](C)C(=O)N[C@H](C(=O)N1CC[C@@H]2[C@H]1[C@@H](Oc1ccc(F)cc1)CN2C(=O)OCc1ccccc1)[C@@H](C)OCC#CC#CCO[C@H](C)[C@H](CC(=O)[C@H](C)NC)C(=O)N1CC[C@@H]2[C@H]1[C@@H](Oc1ccc(F)cc1)CN2C(=O)OCc1ccccc1. The van der Waals surface area contributed by atoms with Crippen LogP contribution in [0.25, 0.3) is 0 Å². The van der Waals surface area contributed by atoms with Gasteiger partial charge in [0.25, 0.3) is 0 Å². The van der Waals surface area contributed by atoms with Crippen LogP contribution < -0.4 is 20.1 Å². The molecule has 0 spiro atoms. The molecule has 4 aliphatic rings. The summed E-state index contributed by atoms with van der Waals surface area (Å²) < 4.78 is 64.4. The van der Waals surface area contributed by atoms with Gasteiger partial charge in [0, 0.05) is 25.4 Å². The van der Waals surface area contributed by atoms with Crippen molar-refractivity contribution in [1.29, 1.82) is 0 Å². The zero-order chi connectivity index (χ0) is 59.9. The van der Waals surface area contributed by atoms with Crippen molar-refractivity contribution >= 4 is 35.7 Å². The molecule has 446 valence electrons. The van der Waals surface area contributed by atoms with Gasteiger partial charge in [0.15, 0.2) is 0 Å². The summed E-state index contributed by atoms with van der Waals surface area (Å²) in [7, 11) is 1.66. The molecule has 4 aliphatic heterocycles. The van der Waals surface area contributed by atoms with Crippen molar-refractivity contribution in [3.63, 3.8) is 0 Å². The largest absolute Gasteiger partial charge is 0.486 e. The molecule has 4 aromatic rings. The van der Waals surface area contributed by atoms with Crippen LogP contribution in [0.4, 0.5) is 18.4 Å². The smallest absolute Gasteiger partial charge is 0.410 e. The van der Waals surface area contributed by atoms with Gasteiger partial charge in [-0.05, 0) is 119 Å². The number of amides is 5. The normalized spacial score (nSPS) is 21.7. The monoisotopic (exact) mass is 1160 g/mol. The van der Waals surface area contributed by atoms with Crippen molar-refractivity contribution in [2.75, 3.05) is 46.4 Å². The van der Waals surface area contributed by atoms with E-state index in [4.69, 9.17) is 28.4 Å². The number of likely N-dealkylation sites (tertiary alicyclic amines) is 4. The maximum atomic E-state index is 14.9. The Hall–Kier alpha value is -8.04. The zero-order valence-electron chi connectivity index (χ0n) is 48.2. The molecule has 84 heavy (non-hydrogen) atoms. The van der Waals surface area contributed by atoms with Crippen LogP contribution in [0.3, 0.4) is 0 Å². The number of Topliss-reactive ketones (excluding diaryl/α,β-unsaturated/α-hetero) is 1. The lowest BCUT2D eigenvalue weighted by Gasteiger charge is -2.34. The third-order valence-electron chi connectivity index (χ3n) is 16.2. The summed E-state index contributed by atoms with van der Waals surface area (Å²) in [5.74, 6) is 8.26. The van der Waals surface area contributed by atoms with Crippen molar-refractivity contribution in [2.24, 2.45) is 11.8 Å². The van der Waals surface area contributed by atoms with Crippen LogP contribution in [-0.4, -0.2) is 162 Å². The van der Waals surface area contributed by atoms with Crippen LogP contribution in [0.2, 0.25) is 0 Å². The first-order valence-electron chi connectivity index (χ1n) is 28.6. The summed E-state index contributed by atoms with van der Waals surface area (Å²) in [6.07, 6.45) is -3.08. The molecule has 0 aromatic heterocycles. The van der Waals surface area contributed by atoms with Gasteiger partial charge in [-0.2, -0.15) is 0 Å². The van der Waals surface area contributed by atoms with Gasteiger partial charge in [0.1, 0.15) is 73.6 Å². The minimum absolute atomic E-state index is 0.0440. The second kappa shape index (κ2) is 29.5. The second-order valence-corrected chi connectivity index (χ2v) is 21.6. The average molecular weight is 1160 g/mol. The van der Waals surface area contributed by atoms with Crippen LogP contribution in [0.5, 0.6) is 11.5 Å². The third-order valence-corrected chi connectivity index (χ3v) is 16.2. The van der Waals surface area contributed by atoms with E-state index in [1.807, 2.05) is 67.6 Å². The molecule has 0 radical (unpaired) electrons. The van der Waals surface area contributed by atoms with Crippen molar-refractivity contribution in [3.05, 3.63) is 132 Å². The highest BCUT2D eigenvalue weighted by Crippen LogP contribution is 2.38. The first kappa shape index (κ1) is 62.0. The number of benzene rings is 4. The predicted octanol–water partition coefficient (Wildman–Crippen LogP) is 6.93. The number of rotatable bonds is 23. The first-order valence-corrected chi connectivity index (χ1v) is 28.6. The predicted molar refractivity (Wildman–Crippen MR) is 306 cm³/mol. The van der Waals surface area contributed by atoms with Crippen molar-refractivity contribution < 1.29 is 66.0 Å². The maximum absolute atomic E-state index is 14.9. The van der Waals surface area contributed by atoms with E-state index >= 15 is 0 Å². The molecule has 2 N–H and O–H groups in total. The molecule has 0 saturated carbocycles. The lowest BCUT2D eigenvalue weighted by Crippen LogP contribution is -2.58. The number of hydrogen-bond donors (Lipinski definition) is 2. The zero-order valence-corrected chi connectivity index (χ0v) is 48.2. The van der Waals surface area contributed by atoms with Crippen LogP contribution in [0, 0.1) is 47.2 Å². The van der Waals surface area contributed by atoms with Gasteiger partial charge in [-0.25, -0.2) is 18.4 Å². The highest BCUT2D eigenvalue weighted by atomic mass is 19.1. The van der Waals surface area contributed by atoms with E-state index in [0.29, 0.717) is 30.8 Å². The van der Waals surface area contributed by atoms with Crippen molar-refractivity contribution in [3.8, 4) is 35.2 Å². The number of ether oxygens (including phenoxy) is 6. The number of carbonyl (C=O) groups is 6. The van der Waals surface area contributed by atoms with Crippen LogP contribution in [0.1, 0.15) is 71.4 Å². The van der Waals surface area contributed by atoms with Gasteiger partial charge < -0.3 is 48.9 Å². The Morgan fingerprint density at radius 3 is 1.51 bits per heavy atom. The highest BCUT2D eigenvalue weighted by molar-refractivity contribution is 5.91. The molecule has 18 nitrogen and oxygen atoms in total. The Labute approximate surface area is 489 Å². The second-order valence-electron chi connectivity index (χ2n) is 21.6. The lowest BCUT2D eigenvalue weighted by molar-refractivity contribution is -0.145. The molecule has 0 bridgehead atoms. The van der Waals surface area contributed by atoms with Crippen LogP contribution >= 0.6 is 0 Å². The Morgan fingerprint density at radius 2 is 1.06 bits per heavy atom. The fourth-order valence-corrected chi connectivity index (χ4v) is 11.2. The lowest BCUT2D eigenvalue weighted by atomic mass is 9.92. The van der Waals surface area contributed by atoms with Gasteiger partial charge >= 0.3 is 12.2 Å². The molecule has 4 heterocycles. The topological polar surface area (TPSA) is 195 Å². The summed E-state index contributed by atoms with van der Waals surface area (Å²) >= 11 is 0. The fraction of sp³-hybridized carbons (Fsp3) is 0.469. The van der Waals surface area contributed by atoms with Gasteiger partial charge in [-0.15, -0.1) is 0 Å². The van der Waals surface area contributed by atoms with E-state index in [1.54, 1.807) is 54.3 Å². The highest BCUT2D eigenvalue weighted by Gasteiger charge is 2.56. The summed E-state index contributed by atoms with van der Waals surface area (Å²) in [5, 5.41) is 5.87. The molecule has 20 heteroatoms. The fourth-order valence-electron chi connectivity index (χ4n) is 11.2. The minimum atomic E-state index is -1.16. The Kier molecular flexibility index (Phi) is 21.8. The molecule has 4 fully saturated rings. The van der Waals surface area contributed by atoms with Crippen molar-refractivity contribution in [2.45, 2.75) is 134 Å². The van der Waals surface area contributed by atoms with Crippen LogP contribution in [0.15, 0.2) is 109 Å². The summed E-state index contributed by atoms with van der Waals surface area (Å²) in [6, 6.07) is 25.6. The number of nitrogens with one attached hydrogen (secondary N) is 2. The number of carbonyl (C=O) groups excluding carboxylic acids is 6. The van der Waals surface area contributed by atoms with Gasteiger partial charge in [0.05, 0.1) is 61.4 Å². The Bertz CT molecular complexity index is 2830. The van der Waals surface area contributed by atoms with E-state index in [9.17, 15) is 37.5 Å². The van der Waals surface area contributed by atoms with E-state index in [-0.39, 0.29) is 76.6 Å². The molecule has 0 unspecified atom stereocenters. The average Bonchev–Trinajstić information content (AvgIpc) is 1.91. The van der Waals surface area contributed by atoms with Gasteiger partial charge in [0.2, 0.25) is 17.7 Å². The van der Waals surface area contributed by atoms with E-state index < -0.39 is 102 Å². The Morgan fingerprint density at radius 1 is 0.607 bits per heavy atom. The Balaban J connectivity index is 0.914. The van der Waals surface area contributed by atoms with E-state index in [0.717, 1.165) is 11.1 Å². The molecular formula is C64H74F2N6O12. The molecule has 8 rings (SSSR count). The summed E-state index contributed by atoms with van der Waals surface area (Å²) in [4.78, 5) is 90.5.